The van der Waals surface area contributed by atoms with Crippen LogP contribution >= 0.6 is 0 Å². The molecule has 29 heavy (non-hydrogen) atoms. The predicted molar refractivity (Wildman–Crippen MR) is 115 cm³/mol. The molecule has 5 rings (SSSR count). The second kappa shape index (κ2) is 7.21. The molecule has 150 valence electrons. The lowest BCUT2D eigenvalue weighted by atomic mass is 9.97. The Labute approximate surface area is 171 Å². The molecule has 0 saturated carbocycles. The van der Waals surface area contributed by atoms with Gasteiger partial charge in [-0.2, -0.15) is 0 Å². The number of piperidine rings is 1. The minimum absolute atomic E-state index is 0.0972. The van der Waals surface area contributed by atoms with Crippen LogP contribution < -0.4 is 10.2 Å². The standard InChI is InChI=1S/C24H27N3O2/c1-2-26-21-15-18(10-12-20(21)24(29)27-13-4-3-8-22(26)27)23(28)25-19-11-9-16-6-5-7-17(16)14-19/h9-12,14-15,22H,2-8,13H2,1H3,(H,25,28). The van der Waals surface area contributed by atoms with E-state index >= 15 is 0 Å². The smallest absolute Gasteiger partial charge is 0.257 e. The van der Waals surface area contributed by atoms with Crippen LogP contribution in [-0.2, 0) is 12.8 Å². The summed E-state index contributed by atoms with van der Waals surface area (Å²) in [5, 5.41) is 3.04. The molecule has 1 unspecified atom stereocenters. The van der Waals surface area contributed by atoms with E-state index in [2.05, 4.69) is 29.3 Å². The van der Waals surface area contributed by atoms with Gasteiger partial charge in [0.1, 0.15) is 6.17 Å². The maximum absolute atomic E-state index is 13.0. The van der Waals surface area contributed by atoms with Crippen LogP contribution in [0.1, 0.15) is 64.4 Å². The van der Waals surface area contributed by atoms with Crippen LogP contribution in [0.3, 0.4) is 0 Å². The normalized spacial score (nSPS) is 20.2. The third-order valence-electron chi connectivity index (χ3n) is 6.59. The summed E-state index contributed by atoms with van der Waals surface area (Å²) >= 11 is 0. The number of benzene rings is 2. The molecular weight excluding hydrogens is 362 g/mol. The lowest BCUT2D eigenvalue weighted by Gasteiger charge is -2.47. The Hall–Kier alpha value is -2.82. The molecule has 0 spiro atoms. The van der Waals surface area contributed by atoms with E-state index in [-0.39, 0.29) is 18.0 Å². The van der Waals surface area contributed by atoms with Gasteiger partial charge in [-0.3, -0.25) is 9.59 Å². The topological polar surface area (TPSA) is 52.7 Å². The zero-order valence-electron chi connectivity index (χ0n) is 16.9. The average molecular weight is 389 g/mol. The van der Waals surface area contributed by atoms with Crippen molar-refractivity contribution in [2.24, 2.45) is 0 Å². The molecule has 2 amide bonds. The second-order valence-corrected chi connectivity index (χ2v) is 8.28. The van der Waals surface area contributed by atoms with E-state index in [1.165, 1.54) is 17.5 Å². The van der Waals surface area contributed by atoms with Crippen molar-refractivity contribution in [3.05, 3.63) is 58.7 Å². The van der Waals surface area contributed by atoms with Gasteiger partial charge in [-0.1, -0.05) is 6.07 Å². The Morgan fingerprint density at radius 3 is 2.79 bits per heavy atom. The van der Waals surface area contributed by atoms with Gasteiger partial charge in [0, 0.05) is 24.3 Å². The fourth-order valence-electron chi connectivity index (χ4n) is 5.12. The summed E-state index contributed by atoms with van der Waals surface area (Å²) in [5.41, 5.74) is 5.77. The summed E-state index contributed by atoms with van der Waals surface area (Å²) in [7, 11) is 0. The number of aryl methyl sites for hydroxylation is 2. The van der Waals surface area contributed by atoms with Crippen LogP contribution in [0.4, 0.5) is 11.4 Å². The third-order valence-corrected chi connectivity index (χ3v) is 6.59. The maximum atomic E-state index is 13.0. The molecule has 5 nitrogen and oxygen atoms in total. The van der Waals surface area contributed by atoms with E-state index in [1.807, 2.05) is 23.1 Å². The molecule has 1 N–H and O–H groups in total. The number of carbonyl (C=O) groups excluding carboxylic acids is 2. The van der Waals surface area contributed by atoms with Crippen molar-refractivity contribution in [2.75, 3.05) is 23.3 Å². The van der Waals surface area contributed by atoms with Gasteiger partial charge in [0.25, 0.3) is 11.8 Å². The van der Waals surface area contributed by atoms with Crippen molar-refractivity contribution in [2.45, 2.75) is 51.6 Å². The van der Waals surface area contributed by atoms with Crippen LogP contribution in [0.25, 0.3) is 0 Å². The van der Waals surface area contributed by atoms with Gasteiger partial charge in [0.15, 0.2) is 0 Å². The van der Waals surface area contributed by atoms with Crippen LogP contribution in [0, 0.1) is 0 Å². The zero-order valence-corrected chi connectivity index (χ0v) is 16.9. The lowest BCUT2D eigenvalue weighted by molar-refractivity contribution is 0.0582. The van der Waals surface area contributed by atoms with Crippen molar-refractivity contribution in [1.82, 2.24) is 4.90 Å². The first-order chi connectivity index (χ1) is 14.2. The van der Waals surface area contributed by atoms with E-state index in [0.29, 0.717) is 11.1 Å². The van der Waals surface area contributed by atoms with Gasteiger partial charge in [0.2, 0.25) is 0 Å². The van der Waals surface area contributed by atoms with Gasteiger partial charge < -0.3 is 15.1 Å². The van der Waals surface area contributed by atoms with Crippen LogP contribution in [0.15, 0.2) is 36.4 Å². The molecule has 1 aliphatic carbocycles. The zero-order chi connectivity index (χ0) is 20.0. The number of hydrogen-bond donors (Lipinski definition) is 1. The Balaban J connectivity index is 1.44. The second-order valence-electron chi connectivity index (χ2n) is 8.28. The molecule has 2 aliphatic heterocycles. The summed E-state index contributed by atoms with van der Waals surface area (Å²) in [5.74, 6) is -0.0275. The van der Waals surface area contributed by atoms with Crippen molar-refractivity contribution in [1.29, 1.82) is 0 Å². The monoisotopic (exact) mass is 389 g/mol. The molecule has 1 atom stereocenters. The number of rotatable bonds is 3. The van der Waals surface area contributed by atoms with Gasteiger partial charge in [-0.05, 0) is 86.9 Å². The van der Waals surface area contributed by atoms with Crippen molar-refractivity contribution < 1.29 is 9.59 Å². The van der Waals surface area contributed by atoms with Crippen molar-refractivity contribution in [3.63, 3.8) is 0 Å². The highest BCUT2D eigenvalue weighted by molar-refractivity contribution is 6.08. The molecule has 0 radical (unpaired) electrons. The number of hydrogen-bond acceptors (Lipinski definition) is 3. The first-order valence-corrected chi connectivity index (χ1v) is 10.8. The van der Waals surface area contributed by atoms with Crippen LogP contribution in [0.2, 0.25) is 0 Å². The van der Waals surface area contributed by atoms with Gasteiger partial charge in [-0.15, -0.1) is 0 Å². The SMILES string of the molecule is CCN1c2cc(C(=O)Nc3ccc4c(c3)CCC4)ccc2C(=O)N2CCCCC21. The average Bonchev–Trinajstić information content (AvgIpc) is 3.22. The van der Waals surface area contributed by atoms with E-state index in [0.717, 1.165) is 56.6 Å². The summed E-state index contributed by atoms with van der Waals surface area (Å²) in [6, 6.07) is 11.7. The minimum Gasteiger partial charge on any atom is -0.351 e. The number of amides is 2. The molecule has 2 heterocycles. The fourth-order valence-corrected chi connectivity index (χ4v) is 5.12. The minimum atomic E-state index is -0.125. The summed E-state index contributed by atoms with van der Waals surface area (Å²) < 4.78 is 0. The maximum Gasteiger partial charge on any atom is 0.257 e. The highest BCUT2D eigenvalue weighted by Crippen LogP contribution is 2.36. The molecule has 0 aromatic heterocycles. The first kappa shape index (κ1) is 18.2. The van der Waals surface area contributed by atoms with Crippen LogP contribution in [-0.4, -0.2) is 36.0 Å². The summed E-state index contributed by atoms with van der Waals surface area (Å²) in [6.07, 6.45) is 6.72. The van der Waals surface area contributed by atoms with Gasteiger partial charge in [0.05, 0.1) is 11.3 Å². The fraction of sp³-hybridized carbons (Fsp3) is 0.417. The van der Waals surface area contributed by atoms with Gasteiger partial charge in [-0.25, -0.2) is 0 Å². The molecule has 2 aromatic carbocycles. The molecule has 0 bridgehead atoms. The Morgan fingerprint density at radius 1 is 1.07 bits per heavy atom. The highest BCUT2D eigenvalue weighted by atomic mass is 16.2. The quantitative estimate of drug-likeness (QED) is 0.855. The van der Waals surface area contributed by atoms with E-state index in [9.17, 15) is 9.59 Å². The molecular formula is C24H27N3O2. The molecule has 2 aromatic rings. The van der Waals surface area contributed by atoms with Crippen LogP contribution in [0.5, 0.6) is 0 Å². The molecule has 5 heteroatoms. The Kier molecular flexibility index (Phi) is 4.53. The molecule has 1 saturated heterocycles. The number of nitrogens with one attached hydrogen (secondary N) is 1. The number of fused-ring (bicyclic) bond motifs is 3. The van der Waals surface area contributed by atoms with E-state index < -0.39 is 0 Å². The number of anilines is 2. The highest BCUT2D eigenvalue weighted by Gasteiger charge is 2.38. The van der Waals surface area contributed by atoms with E-state index in [1.54, 1.807) is 6.07 Å². The largest absolute Gasteiger partial charge is 0.351 e. The number of nitrogens with zero attached hydrogens (tertiary/aromatic N) is 2. The van der Waals surface area contributed by atoms with Crippen molar-refractivity contribution in [3.8, 4) is 0 Å². The van der Waals surface area contributed by atoms with Crippen molar-refractivity contribution >= 4 is 23.2 Å². The lowest BCUT2D eigenvalue weighted by Crippen LogP contribution is -2.57. The third kappa shape index (κ3) is 3.09. The summed E-state index contributed by atoms with van der Waals surface area (Å²) in [4.78, 5) is 30.2. The van der Waals surface area contributed by atoms with E-state index in [4.69, 9.17) is 0 Å². The number of carbonyl (C=O) groups is 2. The molecule has 3 aliphatic rings. The Bertz CT molecular complexity index is 984. The first-order valence-electron chi connectivity index (χ1n) is 10.8. The predicted octanol–water partition coefficient (Wildman–Crippen LogP) is 4.22. The Morgan fingerprint density at radius 2 is 1.93 bits per heavy atom. The van der Waals surface area contributed by atoms with Gasteiger partial charge >= 0.3 is 0 Å². The molecule has 1 fully saturated rings. The summed E-state index contributed by atoms with van der Waals surface area (Å²) in [6.45, 7) is 3.75.